The summed E-state index contributed by atoms with van der Waals surface area (Å²) in [4.78, 5) is 17.5. The van der Waals surface area contributed by atoms with E-state index in [2.05, 4.69) is 17.0 Å². The highest BCUT2D eigenvalue weighted by molar-refractivity contribution is 7.89. The number of hydrogen-bond acceptors (Lipinski definition) is 4. The Hall–Kier alpha value is -2.22. The van der Waals surface area contributed by atoms with E-state index in [1.165, 1.54) is 5.56 Å². The van der Waals surface area contributed by atoms with Crippen LogP contribution in [0.3, 0.4) is 0 Å². The zero-order valence-corrected chi connectivity index (χ0v) is 19.1. The smallest absolute Gasteiger partial charge is 0.243 e. The summed E-state index contributed by atoms with van der Waals surface area (Å²) in [5.74, 6) is 0.182. The lowest BCUT2D eigenvalue weighted by Crippen LogP contribution is -2.53. The first kappa shape index (κ1) is 22.0. The molecule has 31 heavy (non-hydrogen) atoms. The lowest BCUT2D eigenvalue weighted by Gasteiger charge is -2.36. The van der Waals surface area contributed by atoms with E-state index in [9.17, 15) is 13.2 Å². The highest BCUT2D eigenvalue weighted by Gasteiger charge is 2.38. The van der Waals surface area contributed by atoms with Crippen LogP contribution in [0.4, 0.5) is 0 Å². The Balaban J connectivity index is 1.34. The van der Waals surface area contributed by atoms with Gasteiger partial charge in [-0.25, -0.2) is 8.42 Å². The van der Waals surface area contributed by atoms with Crippen molar-refractivity contribution in [3.8, 4) is 0 Å². The van der Waals surface area contributed by atoms with Crippen LogP contribution in [-0.4, -0.2) is 73.7 Å². The highest BCUT2D eigenvalue weighted by Crippen LogP contribution is 2.24. The summed E-state index contributed by atoms with van der Waals surface area (Å²) in [6.45, 7) is 7.34. The predicted molar refractivity (Wildman–Crippen MR) is 121 cm³/mol. The Morgan fingerprint density at radius 1 is 0.935 bits per heavy atom. The van der Waals surface area contributed by atoms with Crippen LogP contribution in [0.1, 0.15) is 23.1 Å². The quantitative estimate of drug-likeness (QED) is 0.691. The predicted octanol–water partition coefficient (Wildman–Crippen LogP) is 2.45. The Morgan fingerprint density at radius 2 is 1.65 bits per heavy atom. The molecule has 166 valence electrons. The molecule has 0 radical (unpaired) electrons. The van der Waals surface area contributed by atoms with E-state index in [-0.39, 0.29) is 11.9 Å². The minimum Gasteiger partial charge on any atom is -0.341 e. The van der Waals surface area contributed by atoms with E-state index in [1.54, 1.807) is 10.4 Å². The maximum absolute atomic E-state index is 13.1. The van der Waals surface area contributed by atoms with Crippen molar-refractivity contribution in [3.05, 3.63) is 65.2 Å². The van der Waals surface area contributed by atoms with Crippen LogP contribution in [0.5, 0.6) is 0 Å². The number of sulfonamides is 1. The molecule has 2 saturated heterocycles. The number of carbonyl (C=O) groups excluding carboxylic acids is 1. The fourth-order valence-electron chi connectivity index (χ4n) is 4.68. The molecule has 0 saturated carbocycles. The first-order valence-electron chi connectivity index (χ1n) is 11.0. The van der Waals surface area contributed by atoms with Gasteiger partial charge < -0.3 is 4.90 Å². The average molecular weight is 442 g/mol. The third-order valence-corrected chi connectivity index (χ3v) is 8.50. The van der Waals surface area contributed by atoms with E-state index >= 15 is 0 Å². The van der Waals surface area contributed by atoms with Gasteiger partial charge in [0.05, 0.1) is 10.9 Å². The Kier molecular flexibility index (Phi) is 6.46. The molecular formula is C24H31N3O3S. The van der Waals surface area contributed by atoms with Crippen molar-refractivity contribution in [1.82, 2.24) is 14.1 Å². The number of aryl methyl sites for hydroxylation is 2. The summed E-state index contributed by atoms with van der Waals surface area (Å²) < 4.78 is 27.8. The lowest BCUT2D eigenvalue weighted by atomic mass is 10.1. The van der Waals surface area contributed by atoms with Gasteiger partial charge in [0.2, 0.25) is 15.9 Å². The topological polar surface area (TPSA) is 60.9 Å². The van der Waals surface area contributed by atoms with Gasteiger partial charge in [-0.05, 0) is 43.9 Å². The minimum atomic E-state index is -3.51. The monoisotopic (exact) mass is 441 g/mol. The lowest BCUT2D eigenvalue weighted by molar-refractivity contribution is -0.132. The molecule has 4 rings (SSSR count). The molecule has 2 aliphatic heterocycles. The molecule has 0 N–H and O–H groups in total. The van der Waals surface area contributed by atoms with Crippen LogP contribution in [0.25, 0.3) is 0 Å². The summed E-state index contributed by atoms with van der Waals surface area (Å²) in [5.41, 5.74) is 3.07. The third-order valence-electron chi connectivity index (χ3n) is 6.44. The first-order valence-corrected chi connectivity index (χ1v) is 12.4. The maximum atomic E-state index is 13.1. The van der Waals surface area contributed by atoms with Crippen LogP contribution < -0.4 is 0 Å². The zero-order valence-electron chi connectivity index (χ0n) is 18.3. The zero-order chi connectivity index (χ0) is 22.0. The molecule has 2 aromatic carbocycles. The molecule has 1 amide bonds. The molecule has 1 atom stereocenters. The summed E-state index contributed by atoms with van der Waals surface area (Å²) in [5, 5.41) is 0. The minimum absolute atomic E-state index is 0.123. The summed E-state index contributed by atoms with van der Waals surface area (Å²) in [7, 11) is -3.51. The second kappa shape index (κ2) is 9.10. The van der Waals surface area contributed by atoms with E-state index in [0.29, 0.717) is 31.1 Å². The molecule has 7 heteroatoms. The van der Waals surface area contributed by atoms with Crippen molar-refractivity contribution in [2.75, 3.05) is 39.3 Å². The molecule has 1 unspecified atom stereocenters. The molecule has 0 aromatic heterocycles. The van der Waals surface area contributed by atoms with Gasteiger partial charge in [-0.3, -0.25) is 9.69 Å². The number of carbonyl (C=O) groups is 1. The number of benzene rings is 2. The fourth-order valence-corrected chi connectivity index (χ4v) is 6.30. The Labute approximate surface area is 185 Å². The van der Waals surface area contributed by atoms with Crippen LogP contribution in [-0.2, 0) is 21.2 Å². The molecule has 0 bridgehead atoms. The second-order valence-electron chi connectivity index (χ2n) is 8.57. The van der Waals surface area contributed by atoms with E-state index in [4.69, 9.17) is 0 Å². The van der Waals surface area contributed by atoms with Gasteiger partial charge in [0, 0.05) is 39.3 Å². The van der Waals surface area contributed by atoms with E-state index in [0.717, 1.165) is 37.1 Å². The van der Waals surface area contributed by atoms with Crippen molar-refractivity contribution in [3.63, 3.8) is 0 Å². The summed E-state index contributed by atoms with van der Waals surface area (Å²) >= 11 is 0. The number of hydrogen-bond donors (Lipinski definition) is 0. The Bertz CT molecular complexity index is 1030. The molecule has 0 aliphatic carbocycles. The highest BCUT2D eigenvalue weighted by atomic mass is 32.2. The van der Waals surface area contributed by atoms with Crippen molar-refractivity contribution < 1.29 is 13.2 Å². The number of piperazine rings is 1. The van der Waals surface area contributed by atoms with E-state index < -0.39 is 10.0 Å². The molecular weight excluding hydrogens is 410 g/mol. The van der Waals surface area contributed by atoms with Crippen molar-refractivity contribution in [2.45, 2.75) is 37.6 Å². The van der Waals surface area contributed by atoms with Gasteiger partial charge in [0.25, 0.3) is 0 Å². The maximum Gasteiger partial charge on any atom is 0.243 e. The number of amides is 1. The molecule has 6 nitrogen and oxygen atoms in total. The largest absolute Gasteiger partial charge is 0.341 e. The molecule has 2 heterocycles. The van der Waals surface area contributed by atoms with Gasteiger partial charge in [-0.2, -0.15) is 4.31 Å². The normalized spacial score (nSPS) is 21.0. The van der Waals surface area contributed by atoms with Crippen molar-refractivity contribution in [1.29, 1.82) is 0 Å². The van der Waals surface area contributed by atoms with E-state index in [1.807, 2.05) is 49.1 Å². The average Bonchev–Trinajstić information content (AvgIpc) is 3.13. The van der Waals surface area contributed by atoms with Gasteiger partial charge >= 0.3 is 0 Å². The Morgan fingerprint density at radius 3 is 2.32 bits per heavy atom. The molecule has 2 aliphatic rings. The van der Waals surface area contributed by atoms with Gasteiger partial charge in [0.15, 0.2) is 0 Å². The SMILES string of the molecule is Cc1ccc(S(=O)(=O)N2CCN(C3CCN(CCc4ccccc4)C3=O)CC2)c(C)c1. The number of likely N-dealkylation sites (tertiary alicyclic amines) is 1. The standard InChI is InChI=1S/C24H31N3O3S/c1-19-8-9-23(20(2)18-19)31(29,30)27-16-14-25(15-17-27)22-11-13-26(24(22)28)12-10-21-6-4-3-5-7-21/h3-9,18,22H,10-17H2,1-2H3. The molecule has 2 fully saturated rings. The number of rotatable bonds is 6. The molecule has 2 aromatic rings. The van der Waals surface area contributed by atoms with Crippen LogP contribution in [0.15, 0.2) is 53.4 Å². The van der Waals surface area contributed by atoms with Crippen molar-refractivity contribution in [2.24, 2.45) is 0 Å². The van der Waals surface area contributed by atoms with Crippen molar-refractivity contribution >= 4 is 15.9 Å². The fraction of sp³-hybridized carbons (Fsp3) is 0.458. The second-order valence-corrected chi connectivity index (χ2v) is 10.5. The summed E-state index contributed by atoms with van der Waals surface area (Å²) in [6.07, 6.45) is 1.68. The van der Waals surface area contributed by atoms with Crippen LogP contribution >= 0.6 is 0 Å². The van der Waals surface area contributed by atoms with Crippen LogP contribution in [0, 0.1) is 13.8 Å². The molecule has 0 spiro atoms. The van der Waals surface area contributed by atoms with Gasteiger partial charge in [-0.15, -0.1) is 0 Å². The third kappa shape index (κ3) is 4.68. The van der Waals surface area contributed by atoms with Crippen LogP contribution in [0.2, 0.25) is 0 Å². The number of nitrogens with zero attached hydrogens (tertiary/aromatic N) is 3. The van der Waals surface area contributed by atoms with Gasteiger partial charge in [0.1, 0.15) is 0 Å². The first-order chi connectivity index (χ1) is 14.9. The summed E-state index contributed by atoms with van der Waals surface area (Å²) in [6, 6.07) is 15.6. The van der Waals surface area contributed by atoms with Gasteiger partial charge in [-0.1, -0.05) is 48.0 Å².